The molecule has 9 saturated carbocycles. The standard InChI is InChI=1S/C15H30O2Si.2C12H26O3Si.C10H21ClO2Si.C8H16O4Si.C6H11Cl.C6H11.C5H9Cl.C5H9.Cl2OS.2ClH.4Mg.4H/c1-3-16-18(17-4-2,15-12-8-9-13-15)14-10-6-5-7-11-14;2*1-4-13-16(14-5-2,15-6-3)12-10-8-7-9-11-12;1-3-12-14(11,13-4-2)10-8-6-5-7-9-10;1-5-9-13(10-6-2,11-7-3)12-8-4;7-6-4-2-1-3-5-6;1-2-4-6-5-3-1;6-5-3-1-2-4-5;1-2-4-5-3-1;1-4(2)3;;;;;;;;;;/h14-15H,3-13H2,1-2H3;2*12H,4-11H2,1-3H3;10H,3-9H2,1-2H3;1H,6-8H2,2-4H3;6H,1-5H2;1H,2-6H2;5H,1-4H2;1H,2-5H2;;2*1H;;;;;;;;/q;;;;;;-1;;-1;;;;4*+2;4*-1/p-2. The first-order valence-corrected chi connectivity index (χ1v) is 56.5. The van der Waals surface area contributed by atoms with Gasteiger partial charge in [0.2, 0.25) is 9.23 Å². The molecule has 0 bridgehead atoms. The average Bonchev–Trinajstić information content (AvgIpc) is 1.78. The smallest absolute Gasteiger partial charge is 1.00 e. The van der Waals surface area contributed by atoms with E-state index in [1.165, 1.54) is 270 Å². The predicted molar refractivity (Wildman–Crippen MR) is 484 cm³/mol. The van der Waals surface area contributed by atoms with Crippen LogP contribution in [0.15, 0.2) is 0 Å². The summed E-state index contributed by atoms with van der Waals surface area (Å²) in [5.41, 5.74) is 3.11. The number of rotatable bonds is 32. The quantitative estimate of drug-likeness (QED) is 0.0157. The SMILES string of the molecule is C#CO[Si](OCC)(OCC)OCC.CCO[Si](Cl)(OCC)C1CCCCC1.CCO[Si](OCC)(C1CCCCC1)C1CCCC1.CCO[Si](OCC)(OCC)C1CCCCC1.CCO[Si](OCC)(OCC)C1CCCCC1.ClC1CCCC1.ClC1CCCCC1.O=S(Cl)Cl.[CH-]1CCCC1.[CH-]1CCCCC1.[Cl-].[Cl-].[H-].[H-].[H-].[H-].[Mg+2].[Mg+2].[Mg+2].[Mg+2]. The molecule has 0 saturated heterocycles. The second-order valence-electron chi connectivity index (χ2n) is 28.0. The number of hydrogen-bond acceptors (Lipinski definition) is 15. The molecule has 9 aliphatic carbocycles. The van der Waals surface area contributed by atoms with Crippen molar-refractivity contribution in [1.29, 1.82) is 0 Å². The van der Waals surface area contributed by atoms with E-state index in [4.69, 9.17) is 107 Å². The molecule has 9 aliphatic rings. The summed E-state index contributed by atoms with van der Waals surface area (Å²) in [7, 11) is -4.80. The molecule has 0 aliphatic heterocycles. The van der Waals surface area contributed by atoms with Crippen molar-refractivity contribution in [2.45, 2.75) is 398 Å². The van der Waals surface area contributed by atoms with Gasteiger partial charge < -0.3 is 105 Å². The van der Waals surface area contributed by atoms with Gasteiger partial charge in [-0.25, -0.2) is 4.21 Å². The normalized spacial score (nSPS) is 18.8. The Hall–Kier alpha value is 5.17. The van der Waals surface area contributed by atoms with Gasteiger partial charge >= 0.3 is 135 Å². The van der Waals surface area contributed by atoms with Crippen molar-refractivity contribution < 1.29 is 96.7 Å². The van der Waals surface area contributed by atoms with Crippen molar-refractivity contribution in [2.24, 2.45) is 0 Å². The third-order valence-electron chi connectivity index (χ3n) is 20.2. The summed E-state index contributed by atoms with van der Waals surface area (Å²) in [6.07, 6.45) is 67.9. The first kappa shape index (κ1) is 129. The summed E-state index contributed by atoms with van der Waals surface area (Å²) in [6.45, 7) is 34.5. The van der Waals surface area contributed by atoms with E-state index in [1.54, 1.807) is 0 Å². The van der Waals surface area contributed by atoms with E-state index in [0.29, 0.717) is 100 Å². The van der Waals surface area contributed by atoms with Crippen LogP contribution >= 0.6 is 55.6 Å². The molecule has 0 aromatic carbocycles. The minimum absolute atomic E-state index is 0. The fourth-order valence-corrected chi connectivity index (χ4v) is 33.3. The van der Waals surface area contributed by atoms with Crippen LogP contribution in [0.4, 0.5) is 0 Å². The number of terminal acetylenes is 1. The maximum atomic E-state index is 9.09. The zero-order chi connectivity index (χ0) is 78.0. The van der Waals surface area contributed by atoms with Crippen LogP contribution in [0.1, 0.15) is 365 Å². The van der Waals surface area contributed by atoms with Crippen molar-refractivity contribution in [1.82, 2.24) is 0 Å². The van der Waals surface area contributed by atoms with E-state index in [2.05, 4.69) is 48.1 Å². The van der Waals surface area contributed by atoms with Crippen LogP contribution in [0.3, 0.4) is 0 Å². The molecule has 0 aromatic heterocycles. The van der Waals surface area contributed by atoms with E-state index in [0.717, 1.165) is 24.3 Å². The van der Waals surface area contributed by atoms with Crippen molar-refractivity contribution in [2.75, 3.05) is 85.9 Å². The van der Waals surface area contributed by atoms with Crippen LogP contribution < -0.4 is 24.8 Å². The van der Waals surface area contributed by atoms with Crippen LogP contribution in [0, 0.1) is 25.4 Å². The van der Waals surface area contributed by atoms with Gasteiger partial charge in [-0.05, 0) is 180 Å². The summed E-state index contributed by atoms with van der Waals surface area (Å²) < 4.78 is 89.7. The number of hydrogen-bond donors (Lipinski definition) is 0. The van der Waals surface area contributed by atoms with Crippen molar-refractivity contribution in [3.8, 4) is 12.5 Å². The Kier molecular flexibility index (Phi) is 102. The second kappa shape index (κ2) is 87.3. The Balaban J connectivity index is -0.000000118. The number of alkyl halides is 2. The predicted octanol–water partition coefficient (Wildman–Crippen LogP) is 18.9. The fraction of sp³-hybridized carbons (Fsp3) is 0.949. The summed E-state index contributed by atoms with van der Waals surface area (Å²) >= 11 is 18.0. The topological polar surface area (TPSA) is 146 Å². The fourth-order valence-electron chi connectivity index (χ4n) is 15.7. The van der Waals surface area contributed by atoms with Crippen molar-refractivity contribution in [3.05, 3.63) is 12.8 Å². The van der Waals surface area contributed by atoms with E-state index in [-0.39, 0.29) is 123 Å². The van der Waals surface area contributed by atoms with Crippen LogP contribution in [0.2, 0.25) is 27.7 Å². The van der Waals surface area contributed by atoms with Crippen LogP contribution in [-0.4, -0.2) is 236 Å². The molecule has 0 unspecified atom stereocenters. The third kappa shape index (κ3) is 60.5. The van der Waals surface area contributed by atoms with E-state index < -0.39 is 52.3 Å². The molecule has 0 heterocycles. The molecular formula is C79H163Cl7Mg4O15SSi5. The van der Waals surface area contributed by atoms with E-state index in [1.807, 2.05) is 82.3 Å². The largest absolute Gasteiger partial charge is 2.00 e. The van der Waals surface area contributed by atoms with E-state index >= 15 is 0 Å². The molecule has 9 fully saturated rings. The van der Waals surface area contributed by atoms with Crippen LogP contribution in [-0.2, 0) is 71.2 Å². The molecule has 0 atom stereocenters. The van der Waals surface area contributed by atoms with Gasteiger partial charge in [0.15, 0.2) is 0 Å². The molecule has 0 aromatic rings. The molecular weight excluding hydrogens is 1710 g/mol. The molecule has 32 heteroatoms. The monoisotopic (exact) mass is 1860 g/mol. The summed E-state index contributed by atoms with van der Waals surface area (Å²) in [5, 5.41) is 1.03. The van der Waals surface area contributed by atoms with Gasteiger partial charge in [-0.15, -0.1) is 23.2 Å². The van der Waals surface area contributed by atoms with Gasteiger partial charge in [-0.1, -0.05) is 172 Å². The Bertz CT molecular complexity index is 1880. The summed E-state index contributed by atoms with van der Waals surface area (Å²) in [5.74, 6) is 0. The molecule has 0 spiro atoms. The molecule has 652 valence electrons. The molecule has 111 heavy (non-hydrogen) atoms. The second-order valence-corrected chi connectivity index (χ2v) is 47.4. The molecule has 0 N–H and O–H groups in total. The van der Waals surface area contributed by atoms with Crippen LogP contribution in [0.25, 0.3) is 0 Å². The molecule has 0 amide bonds. The molecule has 9 rings (SSSR count). The van der Waals surface area contributed by atoms with Crippen molar-refractivity contribution in [3.63, 3.8) is 0 Å². The zero-order valence-corrected chi connectivity index (χ0v) is 89.4. The van der Waals surface area contributed by atoms with Gasteiger partial charge in [0.05, 0.1) is 6.11 Å². The summed E-state index contributed by atoms with van der Waals surface area (Å²) in [6, 6.07) is 0. The minimum atomic E-state index is -3.03. The summed E-state index contributed by atoms with van der Waals surface area (Å²) in [4.78, 5) is 0. The van der Waals surface area contributed by atoms with Gasteiger partial charge in [0.1, 0.15) is 0 Å². The van der Waals surface area contributed by atoms with Gasteiger partial charge in [0.25, 0.3) is 0 Å². The van der Waals surface area contributed by atoms with Crippen LogP contribution in [0.5, 0.6) is 0 Å². The van der Waals surface area contributed by atoms with Gasteiger partial charge in [-0.2, -0.15) is 25.7 Å². The Morgan fingerprint density at radius 3 is 0.721 bits per heavy atom. The number of halogens is 7. The maximum Gasteiger partial charge on any atom is 2.00 e. The molecule has 0 radical (unpaired) electrons. The van der Waals surface area contributed by atoms with E-state index in [9.17, 15) is 0 Å². The Morgan fingerprint density at radius 2 is 0.523 bits per heavy atom. The van der Waals surface area contributed by atoms with Crippen molar-refractivity contribution >= 4 is 200 Å². The van der Waals surface area contributed by atoms with Gasteiger partial charge in [0, 0.05) is 146 Å². The third-order valence-corrected chi connectivity index (χ3v) is 40.1. The maximum absolute atomic E-state index is 9.09. The zero-order valence-electron chi connectivity index (χ0n) is 76.7. The Morgan fingerprint density at radius 1 is 0.324 bits per heavy atom. The molecule has 15 nitrogen and oxygen atoms in total. The minimum Gasteiger partial charge on any atom is -1.00 e. The Labute approximate surface area is 797 Å². The van der Waals surface area contributed by atoms with Gasteiger partial charge in [-0.3, -0.25) is 0 Å². The first-order chi connectivity index (χ1) is 50.9. The first-order valence-electron chi connectivity index (χ1n) is 42.7. The average molecular weight is 1870 g/mol.